The average Bonchev–Trinajstić information content (AvgIpc) is 3.10. The molecule has 0 aliphatic carbocycles. The van der Waals surface area contributed by atoms with E-state index in [2.05, 4.69) is 86.6 Å². The minimum Gasteiger partial charge on any atom is -0.494 e. The molecule has 0 radical (unpaired) electrons. The van der Waals surface area contributed by atoms with Crippen LogP contribution in [0.1, 0.15) is 115 Å². The Morgan fingerprint density at radius 1 is 0.565 bits per heavy atom. The standard InChI is InChI=1S/C42H54O4/c1-4-6-8-9-10-11-12-13-15-28-44-40-25-22-36(23-26-40)35-18-16-34(17-19-35)32-46-41-27-24-38-30-37(20-21-39(38)31-41)33(3)42(43)45-29-14-7-5-2/h16-27,30-31,33H,4-15,28-29,32H2,1-3H3/t33-/m0/s1. The Morgan fingerprint density at radius 2 is 1.11 bits per heavy atom. The van der Waals surface area contributed by atoms with Crippen LogP contribution >= 0.6 is 0 Å². The van der Waals surface area contributed by atoms with Crippen molar-refractivity contribution in [1.29, 1.82) is 0 Å². The van der Waals surface area contributed by atoms with Gasteiger partial charge < -0.3 is 14.2 Å². The quantitative estimate of drug-likeness (QED) is 0.0685. The molecule has 0 heterocycles. The van der Waals surface area contributed by atoms with Crippen LogP contribution in [0.15, 0.2) is 84.9 Å². The van der Waals surface area contributed by atoms with Crippen molar-refractivity contribution in [3.63, 3.8) is 0 Å². The molecule has 0 aromatic heterocycles. The van der Waals surface area contributed by atoms with Crippen LogP contribution in [-0.4, -0.2) is 19.2 Å². The van der Waals surface area contributed by atoms with Gasteiger partial charge in [-0.25, -0.2) is 0 Å². The fourth-order valence-electron chi connectivity index (χ4n) is 5.69. The van der Waals surface area contributed by atoms with E-state index < -0.39 is 0 Å². The van der Waals surface area contributed by atoms with Crippen molar-refractivity contribution >= 4 is 16.7 Å². The molecule has 0 spiro atoms. The Balaban J connectivity index is 1.19. The van der Waals surface area contributed by atoms with E-state index in [1.54, 1.807) is 0 Å². The van der Waals surface area contributed by atoms with Gasteiger partial charge in [0.05, 0.1) is 19.1 Å². The highest BCUT2D eigenvalue weighted by Crippen LogP contribution is 2.27. The van der Waals surface area contributed by atoms with Gasteiger partial charge in [0.25, 0.3) is 0 Å². The summed E-state index contributed by atoms with van der Waals surface area (Å²) in [6.07, 6.45) is 15.0. The van der Waals surface area contributed by atoms with Crippen LogP contribution in [-0.2, 0) is 16.1 Å². The third kappa shape index (κ3) is 11.5. The third-order valence-electron chi connectivity index (χ3n) is 8.75. The number of hydrogen-bond donors (Lipinski definition) is 0. The van der Waals surface area contributed by atoms with Crippen molar-refractivity contribution in [3.05, 3.63) is 96.1 Å². The summed E-state index contributed by atoms with van der Waals surface area (Å²) in [5.41, 5.74) is 4.44. The van der Waals surface area contributed by atoms with Gasteiger partial charge in [-0.1, -0.05) is 139 Å². The van der Waals surface area contributed by atoms with Crippen molar-refractivity contribution in [1.82, 2.24) is 0 Å². The second-order valence-corrected chi connectivity index (χ2v) is 12.6. The summed E-state index contributed by atoms with van der Waals surface area (Å²) in [6, 6.07) is 29.2. The highest BCUT2D eigenvalue weighted by atomic mass is 16.5. The number of benzene rings is 4. The van der Waals surface area contributed by atoms with Crippen LogP contribution in [0.4, 0.5) is 0 Å². The number of esters is 1. The molecule has 1 atom stereocenters. The molecule has 0 saturated heterocycles. The number of fused-ring (bicyclic) bond motifs is 1. The molecule has 0 fully saturated rings. The van der Waals surface area contributed by atoms with Crippen LogP contribution in [0.25, 0.3) is 21.9 Å². The van der Waals surface area contributed by atoms with E-state index in [1.807, 2.05) is 19.1 Å². The smallest absolute Gasteiger partial charge is 0.313 e. The molecule has 4 aromatic carbocycles. The van der Waals surface area contributed by atoms with Gasteiger partial charge in [-0.2, -0.15) is 0 Å². The summed E-state index contributed by atoms with van der Waals surface area (Å²) in [5, 5.41) is 2.17. The van der Waals surface area contributed by atoms with Crippen LogP contribution < -0.4 is 9.47 Å². The zero-order chi connectivity index (χ0) is 32.4. The number of carbonyl (C=O) groups excluding carboxylic acids is 1. The molecule has 4 nitrogen and oxygen atoms in total. The van der Waals surface area contributed by atoms with Crippen LogP contribution in [0.3, 0.4) is 0 Å². The topological polar surface area (TPSA) is 44.8 Å². The maximum absolute atomic E-state index is 12.5. The lowest BCUT2D eigenvalue weighted by Gasteiger charge is -2.13. The zero-order valence-electron chi connectivity index (χ0n) is 28.4. The highest BCUT2D eigenvalue weighted by Gasteiger charge is 2.17. The molecule has 0 amide bonds. The number of unbranched alkanes of at least 4 members (excludes halogenated alkanes) is 10. The predicted molar refractivity (Wildman–Crippen MR) is 192 cm³/mol. The molecule has 46 heavy (non-hydrogen) atoms. The first-order valence-electron chi connectivity index (χ1n) is 17.7. The molecule has 246 valence electrons. The van der Waals surface area contributed by atoms with Crippen molar-refractivity contribution in [2.24, 2.45) is 0 Å². The molecule has 0 saturated carbocycles. The average molecular weight is 623 g/mol. The molecule has 0 N–H and O–H groups in total. The molecule has 0 bridgehead atoms. The Labute approximate surface area is 277 Å². The van der Waals surface area contributed by atoms with Crippen molar-refractivity contribution in [3.8, 4) is 22.6 Å². The molecule has 0 aliphatic heterocycles. The molecule has 0 aliphatic rings. The largest absolute Gasteiger partial charge is 0.494 e. The second kappa shape index (κ2) is 19.7. The number of carbonyl (C=O) groups is 1. The van der Waals surface area contributed by atoms with Crippen LogP contribution in [0.5, 0.6) is 11.5 Å². The van der Waals surface area contributed by atoms with Crippen LogP contribution in [0.2, 0.25) is 0 Å². The minimum atomic E-state index is -0.287. The van der Waals surface area contributed by atoms with Gasteiger partial charge in [-0.3, -0.25) is 4.79 Å². The van der Waals surface area contributed by atoms with E-state index in [0.717, 1.165) is 65.7 Å². The van der Waals surface area contributed by atoms with Gasteiger partial charge in [0, 0.05) is 0 Å². The Hall–Kier alpha value is -3.79. The SMILES string of the molecule is CCCCCCCCCCCOc1ccc(-c2ccc(COc3ccc4cc([C@H](C)C(=O)OCCCCC)ccc4c3)cc2)cc1. The lowest BCUT2D eigenvalue weighted by Crippen LogP contribution is -2.14. The number of hydrogen-bond acceptors (Lipinski definition) is 4. The minimum absolute atomic E-state index is 0.160. The summed E-state index contributed by atoms with van der Waals surface area (Å²) < 4.78 is 17.6. The first kappa shape index (κ1) is 35.1. The molecule has 4 rings (SSSR count). The maximum atomic E-state index is 12.5. The van der Waals surface area contributed by atoms with Crippen LogP contribution in [0, 0.1) is 0 Å². The van der Waals surface area contributed by atoms with E-state index >= 15 is 0 Å². The molecular weight excluding hydrogens is 568 g/mol. The fraction of sp³-hybridized carbons (Fsp3) is 0.452. The summed E-state index contributed by atoms with van der Waals surface area (Å²) in [7, 11) is 0. The van der Waals surface area contributed by atoms with Crippen molar-refractivity contribution in [2.45, 2.75) is 110 Å². The summed E-state index contributed by atoms with van der Waals surface area (Å²) in [4.78, 5) is 12.5. The lowest BCUT2D eigenvalue weighted by molar-refractivity contribution is -0.145. The lowest BCUT2D eigenvalue weighted by atomic mass is 9.98. The van der Waals surface area contributed by atoms with Gasteiger partial charge in [0.2, 0.25) is 0 Å². The van der Waals surface area contributed by atoms with Gasteiger partial charge in [0.1, 0.15) is 18.1 Å². The summed E-state index contributed by atoms with van der Waals surface area (Å²) >= 11 is 0. The zero-order valence-corrected chi connectivity index (χ0v) is 28.4. The first-order chi connectivity index (χ1) is 22.6. The van der Waals surface area contributed by atoms with Gasteiger partial charge in [0.15, 0.2) is 0 Å². The van der Waals surface area contributed by atoms with Crippen molar-refractivity contribution in [2.75, 3.05) is 13.2 Å². The predicted octanol–water partition coefficient (Wildman–Crippen LogP) is 11.8. The highest BCUT2D eigenvalue weighted by molar-refractivity contribution is 5.86. The van der Waals surface area contributed by atoms with Gasteiger partial charge in [-0.15, -0.1) is 0 Å². The number of ether oxygens (including phenoxy) is 3. The van der Waals surface area contributed by atoms with E-state index in [4.69, 9.17) is 14.2 Å². The van der Waals surface area contributed by atoms with E-state index in [1.165, 1.54) is 62.5 Å². The first-order valence-corrected chi connectivity index (χ1v) is 17.7. The monoisotopic (exact) mass is 622 g/mol. The van der Waals surface area contributed by atoms with E-state index in [9.17, 15) is 4.79 Å². The fourth-order valence-corrected chi connectivity index (χ4v) is 5.69. The normalized spacial score (nSPS) is 11.8. The second-order valence-electron chi connectivity index (χ2n) is 12.6. The Kier molecular flexibility index (Phi) is 15.0. The third-order valence-corrected chi connectivity index (χ3v) is 8.75. The van der Waals surface area contributed by atoms with Crippen molar-refractivity contribution < 1.29 is 19.0 Å². The summed E-state index contributed by atoms with van der Waals surface area (Å²) in [5.74, 6) is 1.32. The Morgan fingerprint density at radius 3 is 1.80 bits per heavy atom. The molecular formula is C42H54O4. The molecule has 0 unspecified atom stereocenters. The Bertz CT molecular complexity index is 1440. The molecule has 4 heteroatoms. The summed E-state index contributed by atoms with van der Waals surface area (Å²) in [6.45, 7) is 8.11. The number of rotatable bonds is 21. The van der Waals surface area contributed by atoms with Gasteiger partial charge in [-0.05, 0) is 77.1 Å². The molecule has 4 aromatic rings. The maximum Gasteiger partial charge on any atom is 0.313 e. The van der Waals surface area contributed by atoms with E-state index in [0.29, 0.717) is 13.2 Å². The van der Waals surface area contributed by atoms with E-state index in [-0.39, 0.29) is 11.9 Å². The van der Waals surface area contributed by atoms with Gasteiger partial charge >= 0.3 is 5.97 Å².